The van der Waals surface area contributed by atoms with Crippen molar-refractivity contribution in [2.24, 2.45) is 0 Å². The third kappa shape index (κ3) is 3.95. The molecule has 4 amide bonds. The van der Waals surface area contributed by atoms with Gasteiger partial charge in [0, 0.05) is 29.9 Å². The van der Waals surface area contributed by atoms with Crippen molar-refractivity contribution in [3.63, 3.8) is 0 Å². The molecule has 2 aromatic rings. The lowest BCUT2D eigenvalue weighted by Gasteiger charge is -2.29. The number of fused-ring (bicyclic) bond motifs is 1. The van der Waals surface area contributed by atoms with Crippen LogP contribution in [0.5, 0.6) is 5.75 Å². The number of nitrogens with one attached hydrogen (secondary N) is 3. The van der Waals surface area contributed by atoms with Crippen molar-refractivity contribution < 1.29 is 24.3 Å². The van der Waals surface area contributed by atoms with Crippen LogP contribution in [0, 0.1) is 0 Å². The zero-order valence-corrected chi connectivity index (χ0v) is 16.0. The van der Waals surface area contributed by atoms with Gasteiger partial charge in [0.2, 0.25) is 17.7 Å². The van der Waals surface area contributed by atoms with Gasteiger partial charge in [-0.15, -0.1) is 0 Å². The van der Waals surface area contributed by atoms with Crippen LogP contribution in [-0.4, -0.2) is 46.2 Å². The monoisotopic (exact) mass is 408 g/mol. The standard InChI is InChI=1S/C21H20N4O5/c26-15-5-3-13(4-6-15)23-19(28)10-22-14-2-1-12-11-25(21(30)16(12)9-14)17-7-8-18(27)24-20(17)29/h1-6,9,17,22,26H,7-8,10-11H2,(H,23,28)(H,24,27,29). The van der Waals surface area contributed by atoms with Gasteiger partial charge in [0.25, 0.3) is 5.91 Å². The van der Waals surface area contributed by atoms with E-state index in [1.807, 2.05) is 0 Å². The number of rotatable bonds is 5. The van der Waals surface area contributed by atoms with Gasteiger partial charge in [0.05, 0.1) is 6.54 Å². The SMILES string of the molecule is O=C1CCC(N2Cc3ccc(NCC(=O)Nc4ccc(O)cc4)cc3C2=O)C(=O)N1. The average molecular weight is 408 g/mol. The summed E-state index contributed by atoms with van der Waals surface area (Å²) in [5.41, 5.74) is 2.43. The fraction of sp³-hybridized carbons (Fsp3) is 0.238. The van der Waals surface area contributed by atoms with Gasteiger partial charge in [-0.05, 0) is 48.4 Å². The predicted molar refractivity (Wildman–Crippen MR) is 108 cm³/mol. The minimum Gasteiger partial charge on any atom is -0.508 e. The van der Waals surface area contributed by atoms with E-state index in [-0.39, 0.29) is 36.4 Å². The molecular formula is C21H20N4O5. The molecule has 0 saturated carbocycles. The molecule has 1 atom stereocenters. The van der Waals surface area contributed by atoms with Crippen LogP contribution in [-0.2, 0) is 20.9 Å². The molecule has 1 fully saturated rings. The number of piperidine rings is 1. The summed E-state index contributed by atoms with van der Waals surface area (Å²) in [6.45, 7) is 0.298. The van der Waals surface area contributed by atoms with E-state index in [1.54, 1.807) is 30.3 Å². The first-order valence-corrected chi connectivity index (χ1v) is 9.51. The Kier molecular flexibility index (Phi) is 5.09. The molecule has 4 rings (SSSR count). The second kappa shape index (κ2) is 7.86. The Morgan fingerprint density at radius 1 is 1.10 bits per heavy atom. The van der Waals surface area contributed by atoms with Gasteiger partial charge < -0.3 is 20.6 Å². The van der Waals surface area contributed by atoms with Crippen LogP contribution in [0.25, 0.3) is 0 Å². The van der Waals surface area contributed by atoms with E-state index in [0.717, 1.165) is 5.56 Å². The number of hydrogen-bond donors (Lipinski definition) is 4. The molecule has 2 aliphatic rings. The van der Waals surface area contributed by atoms with Crippen molar-refractivity contribution in [1.82, 2.24) is 10.2 Å². The third-order valence-electron chi connectivity index (χ3n) is 5.13. The molecule has 9 nitrogen and oxygen atoms in total. The number of nitrogens with zero attached hydrogens (tertiary/aromatic N) is 1. The summed E-state index contributed by atoms with van der Waals surface area (Å²) >= 11 is 0. The molecule has 1 saturated heterocycles. The Morgan fingerprint density at radius 3 is 2.57 bits per heavy atom. The summed E-state index contributed by atoms with van der Waals surface area (Å²) in [7, 11) is 0. The molecule has 0 aromatic heterocycles. The topological polar surface area (TPSA) is 128 Å². The van der Waals surface area contributed by atoms with E-state index in [4.69, 9.17) is 0 Å². The number of anilines is 2. The van der Waals surface area contributed by atoms with Crippen molar-refractivity contribution in [2.45, 2.75) is 25.4 Å². The van der Waals surface area contributed by atoms with E-state index in [1.165, 1.54) is 17.0 Å². The highest BCUT2D eigenvalue weighted by Crippen LogP contribution is 2.29. The Hall–Kier alpha value is -3.88. The van der Waals surface area contributed by atoms with Crippen molar-refractivity contribution in [2.75, 3.05) is 17.2 Å². The number of carbonyl (C=O) groups excluding carboxylic acids is 4. The zero-order valence-electron chi connectivity index (χ0n) is 16.0. The van der Waals surface area contributed by atoms with E-state index in [9.17, 15) is 24.3 Å². The van der Waals surface area contributed by atoms with Crippen molar-refractivity contribution >= 4 is 35.0 Å². The number of phenols is 1. The number of carbonyl (C=O) groups is 4. The Bertz CT molecular complexity index is 1030. The van der Waals surface area contributed by atoms with Crippen molar-refractivity contribution in [3.05, 3.63) is 53.6 Å². The molecular weight excluding hydrogens is 388 g/mol. The number of aromatic hydroxyl groups is 1. The summed E-state index contributed by atoms with van der Waals surface area (Å²) in [5.74, 6) is -1.20. The number of amides is 4. The van der Waals surface area contributed by atoms with Gasteiger partial charge in [-0.2, -0.15) is 0 Å². The van der Waals surface area contributed by atoms with Crippen LogP contribution in [0.2, 0.25) is 0 Å². The third-order valence-corrected chi connectivity index (χ3v) is 5.13. The minimum atomic E-state index is -0.657. The fourth-order valence-corrected chi connectivity index (χ4v) is 3.60. The lowest BCUT2D eigenvalue weighted by molar-refractivity contribution is -0.137. The second-order valence-electron chi connectivity index (χ2n) is 7.22. The first-order chi connectivity index (χ1) is 14.4. The molecule has 2 heterocycles. The molecule has 30 heavy (non-hydrogen) atoms. The maximum absolute atomic E-state index is 12.8. The van der Waals surface area contributed by atoms with Gasteiger partial charge >= 0.3 is 0 Å². The minimum absolute atomic E-state index is 0.00922. The molecule has 0 radical (unpaired) electrons. The van der Waals surface area contributed by atoms with Crippen LogP contribution >= 0.6 is 0 Å². The maximum Gasteiger partial charge on any atom is 0.255 e. The highest BCUT2D eigenvalue weighted by Gasteiger charge is 2.39. The molecule has 0 aliphatic carbocycles. The average Bonchev–Trinajstić information content (AvgIpc) is 3.04. The maximum atomic E-state index is 12.8. The van der Waals surface area contributed by atoms with Crippen LogP contribution in [0.1, 0.15) is 28.8 Å². The van der Waals surface area contributed by atoms with Gasteiger partial charge in [0.1, 0.15) is 11.8 Å². The fourth-order valence-electron chi connectivity index (χ4n) is 3.60. The van der Waals surface area contributed by atoms with Crippen LogP contribution in [0.4, 0.5) is 11.4 Å². The Labute approximate surface area is 172 Å². The smallest absolute Gasteiger partial charge is 0.255 e. The van der Waals surface area contributed by atoms with Crippen molar-refractivity contribution in [1.29, 1.82) is 0 Å². The largest absolute Gasteiger partial charge is 0.508 e. The predicted octanol–water partition coefficient (Wildman–Crippen LogP) is 1.20. The highest BCUT2D eigenvalue weighted by atomic mass is 16.3. The van der Waals surface area contributed by atoms with Crippen LogP contribution < -0.4 is 16.0 Å². The van der Waals surface area contributed by atoms with E-state index in [0.29, 0.717) is 29.9 Å². The van der Waals surface area contributed by atoms with Gasteiger partial charge in [-0.3, -0.25) is 24.5 Å². The normalized spacial score (nSPS) is 18.1. The Morgan fingerprint density at radius 2 is 1.83 bits per heavy atom. The van der Waals surface area contributed by atoms with E-state index in [2.05, 4.69) is 16.0 Å². The molecule has 9 heteroatoms. The van der Waals surface area contributed by atoms with Gasteiger partial charge in [0.15, 0.2) is 0 Å². The number of benzene rings is 2. The molecule has 0 bridgehead atoms. The number of hydrogen-bond acceptors (Lipinski definition) is 6. The lowest BCUT2D eigenvalue weighted by atomic mass is 10.0. The molecule has 1 unspecified atom stereocenters. The van der Waals surface area contributed by atoms with E-state index < -0.39 is 11.9 Å². The molecule has 2 aliphatic heterocycles. The van der Waals surface area contributed by atoms with Gasteiger partial charge in [-0.1, -0.05) is 6.07 Å². The first kappa shape index (κ1) is 19.4. The summed E-state index contributed by atoms with van der Waals surface area (Å²) in [6, 6.07) is 10.7. The second-order valence-corrected chi connectivity index (χ2v) is 7.22. The number of phenolic OH excluding ortho intramolecular Hbond substituents is 1. The molecule has 0 spiro atoms. The summed E-state index contributed by atoms with van der Waals surface area (Å²) in [4.78, 5) is 49.9. The molecule has 4 N–H and O–H groups in total. The first-order valence-electron chi connectivity index (χ1n) is 9.51. The lowest BCUT2D eigenvalue weighted by Crippen LogP contribution is -2.52. The van der Waals surface area contributed by atoms with E-state index >= 15 is 0 Å². The molecule has 154 valence electrons. The van der Waals surface area contributed by atoms with Gasteiger partial charge in [-0.25, -0.2) is 0 Å². The summed E-state index contributed by atoms with van der Waals surface area (Å²) < 4.78 is 0. The summed E-state index contributed by atoms with van der Waals surface area (Å²) in [6.07, 6.45) is 0.520. The Balaban J connectivity index is 1.38. The zero-order chi connectivity index (χ0) is 21.3. The quantitative estimate of drug-likeness (QED) is 0.435. The van der Waals surface area contributed by atoms with Crippen molar-refractivity contribution in [3.8, 4) is 5.75 Å². The number of imide groups is 1. The molecule has 2 aromatic carbocycles. The van der Waals surface area contributed by atoms with Crippen LogP contribution in [0.15, 0.2) is 42.5 Å². The highest BCUT2D eigenvalue weighted by molar-refractivity contribution is 6.05. The summed E-state index contributed by atoms with van der Waals surface area (Å²) in [5, 5.41) is 17.2. The van der Waals surface area contributed by atoms with Crippen LogP contribution in [0.3, 0.4) is 0 Å².